The lowest BCUT2D eigenvalue weighted by Crippen LogP contribution is -2.26. The molecule has 0 radical (unpaired) electrons. The summed E-state index contributed by atoms with van der Waals surface area (Å²) in [6.07, 6.45) is 0.888. The van der Waals surface area contributed by atoms with Gasteiger partial charge < -0.3 is 0 Å². The quantitative estimate of drug-likeness (QED) is 0.416. The van der Waals surface area contributed by atoms with Gasteiger partial charge in [0.05, 0.1) is 0 Å². The lowest BCUT2D eigenvalue weighted by atomic mass is 9.77. The van der Waals surface area contributed by atoms with Gasteiger partial charge in [-0.25, -0.2) is 17.6 Å². The first kappa shape index (κ1) is 21.4. The monoisotopic (exact) mass is 404 g/mol. The van der Waals surface area contributed by atoms with Crippen molar-refractivity contribution in [3.63, 3.8) is 0 Å². The average molecular weight is 404 g/mol. The van der Waals surface area contributed by atoms with E-state index < -0.39 is 49.3 Å². The van der Waals surface area contributed by atoms with Crippen molar-refractivity contribution in [2.24, 2.45) is 0 Å². The van der Waals surface area contributed by atoms with Gasteiger partial charge in [-0.3, -0.25) is 4.55 Å². The van der Waals surface area contributed by atoms with Crippen LogP contribution in [0.5, 0.6) is 0 Å². The third kappa shape index (κ3) is 3.73. The highest BCUT2D eigenvalue weighted by atomic mass is 32.2. The van der Waals surface area contributed by atoms with Gasteiger partial charge in [0.15, 0.2) is 28.2 Å². The maximum Gasteiger partial charge on any atom is 0.300 e. The van der Waals surface area contributed by atoms with Crippen LogP contribution in [0.3, 0.4) is 0 Å². The summed E-state index contributed by atoms with van der Waals surface area (Å²) >= 11 is 0. The second kappa shape index (κ2) is 7.24. The molecule has 0 amide bonds. The van der Waals surface area contributed by atoms with Crippen LogP contribution < -0.4 is 0 Å². The Kier molecular flexibility index (Phi) is 5.73. The molecule has 0 heterocycles. The molecule has 0 aromatic heterocycles. The third-order valence-corrected chi connectivity index (χ3v) is 5.79. The molecule has 1 atom stereocenters. The van der Waals surface area contributed by atoms with Crippen molar-refractivity contribution < 1.29 is 30.5 Å². The number of halogens is 4. The maximum atomic E-state index is 14.5. The number of benzene rings is 2. The minimum atomic E-state index is -5.48. The minimum Gasteiger partial charge on any atom is -0.282 e. The van der Waals surface area contributed by atoms with Crippen LogP contribution in [0.25, 0.3) is 0 Å². The zero-order valence-electron chi connectivity index (χ0n) is 15.3. The van der Waals surface area contributed by atoms with E-state index in [2.05, 4.69) is 0 Å². The van der Waals surface area contributed by atoms with Crippen molar-refractivity contribution in [1.82, 2.24) is 0 Å². The molecule has 1 unspecified atom stereocenters. The molecular weight excluding hydrogens is 384 g/mol. The van der Waals surface area contributed by atoms with Crippen LogP contribution in [0.4, 0.5) is 17.6 Å². The van der Waals surface area contributed by atoms with Crippen LogP contribution >= 0.6 is 0 Å². The second-order valence-electron chi connectivity index (χ2n) is 6.99. The fraction of sp³-hybridized carbons (Fsp3) is 0.368. The molecule has 0 saturated heterocycles. The van der Waals surface area contributed by atoms with Crippen molar-refractivity contribution in [1.29, 1.82) is 0 Å². The summed E-state index contributed by atoms with van der Waals surface area (Å²) in [6, 6.07) is 6.74. The number of hydrogen-bond acceptors (Lipinski definition) is 2. The SMILES string of the molecule is CCC(C)c1ccc(C(C)(C)c2c(F)c(F)c(S(=O)(=O)O)c(F)c2F)cc1. The van der Waals surface area contributed by atoms with Gasteiger partial charge >= 0.3 is 10.1 Å². The summed E-state index contributed by atoms with van der Waals surface area (Å²) in [4.78, 5) is -2.04. The van der Waals surface area contributed by atoms with Crippen LogP contribution in [0.1, 0.15) is 56.7 Å². The van der Waals surface area contributed by atoms with Gasteiger partial charge in [0.2, 0.25) is 0 Å². The molecule has 2 rings (SSSR count). The predicted molar refractivity (Wildman–Crippen MR) is 93.4 cm³/mol. The Hall–Kier alpha value is -1.93. The van der Waals surface area contributed by atoms with E-state index in [1.165, 1.54) is 13.8 Å². The fourth-order valence-electron chi connectivity index (χ4n) is 3.00. The van der Waals surface area contributed by atoms with Crippen molar-refractivity contribution in [2.45, 2.75) is 50.3 Å². The second-order valence-corrected chi connectivity index (χ2v) is 8.35. The van der Waals surface area contributed by atoms with E-state index in [0.29, 0.717) is 5.56 Å². The Morgan fingerprint density at radius 1 is 0.963 bits per heavy atom. The molecule has 0 aliphatic heterocycles. The van der Waals surface area contributed by atoms with Crippen LogP contribution in [-0.4, -0.2) is 13.0 Å². The molecule has 1 N–H and O–H groups in total. The van der Waals surface area contributed by atoms with Gasteiger partial charge in [-0.2, -0.15) is 8.42 Å². The van der Waals surface area contributed by atoms with Gasteiger partial charge in [-0.05, 0) is 23.5 Å². The molecular formula is C19H20F4O3S. The molecule has 2 aromatic rings. The predicted octanol–water partition coefficient (Wildman–Crippen LogP) is 5.33. The molecule has 0 fully saturated rings. The molecule has 2 aromatic carbocycles. The number of rotatable bonds is 5. The molecule has 148 valence electrons. The first-order chi connectivity index (χ1) is 12.3. The van der Waals surface area contributed by atoms with Crippen molar-refractivity contribution in [2.75, 3.05) is 0 Å². The molecule has 27 heavy (non-hydrogen) atoms. The zero-order chi connectivity index (χ0) is 20.7. The van der Waals surface area contributed by atoms with E-state index in [1.54, 1.807) is 24.3 Å². The molecule has 3 nitrogen and oxygen atoms in total. The Morgan fingerprint density at radius 3 is 1.78 bits per heavy atom. The highest BCUT2D eigenvalue weighted by Crippen LogP contribution is 2.39. The highest BCUT2D eigenvalue weighted by Gasteiger charge is 2.38. The van der Waals surface area contributed by atoms with Crippen LogP contribution in [0.2, 0.25) is 0 Å². The van der Waals surface area contributed by atoms with E-state index in [0.717, 1.165) is 12.0 Å². The van der Waals surface area contributed by atoms with Crippen molar-refractivity contribution in [3.05, 3.63) is 64.2 Å². The van der Waals surface area contributed by atoms with E-state index in [-0.39, 0.29) is 5.92 Å². The summed E-state index contributed by atoms with van der Waals surface area (Å²) in [6.45, 7) is 6.74. The summed E-state index contributed by atoms with van der Waals surface area (Å²) in [5.74, 6) is -7.78. The zero-order valence-corrected chi connectivity index (χ0v) is 16.1. The van der Waals surface area contributed by atoms with E-state index >= 15 is 0 Å². The van der Waals surface area contributed by atoms with E-state index in [9.17, 15) is 26.0 Å². The Morgan fingerprint density at radius 2 is 1.41 bits per heavy atom. The molecule has 0 saturated carbocycles. The molecule has 0 spiro atoms. The van der Waals surface area contributed by atoms with Gasteiger partial charge in [-0.15, -0.1) is 0 Å². The van der Waals surface area contributed by atoms with Crippen LogP contribution in [0.15, 0.2) is 29.2 Å². The van der Waals surface area contributed by atoms with Crippen LogP contribution in [0, 0.1) is 23.3 Å². The summed E-state index contributed by atoms with van der Waals surface area (Å²) in [7, 11) is -5.48. The molecule has 8 heteroatoms. The summed E-state index contributed by atoms with van der Waals surface area (Å²) in [5, 5.41) is 0. The van der Waals surface area contributed by atoms with Gasteiger partial charge in [0, 0.05) is 11.0 Å². The van der Waals surface area contributed by atoms with Crippen molar-refractivity contribution >= 4 is 10.1 Å². The molecule has 0 aliphatic rings. The lowest BCUT2D eigenvalue weighted by Gasteiger charge is -2.28. The maximum absolute atomic E-state index is 14.5. The fourth-order valence-corrected chi connectivity index (χ4v) is 3.63. The highest BCUT2D eigenvalue weighted by molar-refractivity contribution is 7.85. The number of hydrogen-bond donors (Lipinski definition) is 1. The van der Waals surface area contributed by atoms with Gasteiger partial charge in [0.1, 0.15) is 0 Å². The normalized spacial score (nSPS) is 13.7. The van der Waals surface area contributed by atoms with Gasteiger partial charge in [-0.1, -0.05) is 52.0 Å². The van der Waals surface area contributed by atoms with Crippen LogP contribution in [-0.2, 0) is 15.5 Å². The standard InChI is InChI=1S/C19H20F4O3S/c1-5-10(2)11-6-8-12(9-7-11)19(3,4)13-14(20)16(22)18(27(24,25)26)17(23)15(13)21/h6-10H,5H2,1-4H3,(H,24,25,26). The lowest BCUT2D eigenvalue weighted by molar-refractivity contribution is 0.378. The van der Waals surface area contributed by atoms with E-state index in [1.807, 2.05) is 13.8 Å². The Labute approximate surface area is 155 Å². The third-order valence-electron chi connectivity index (χ3n) is 4.92. The summed E-state index contributed by atoms with van der Waals surface area (Å²) < 4.78 is 88.4. The molecule has 0 bridgehead atoms. The summed E-state index contributed by atoms with van der Waals surface area (Å²) in [5.41, 5.74) is -1.09. The Balaban J connectivity index is 2.70. The average Bonchev–Trinajstić information content (AvgIpc) is 2.58. The largest absolute Gasteiger partial charge is 0.300 e. The smallest absolute Gasteiger partial charge is 0.282 e. The first-order valence-corrected chi connectivity index (χ1v) is 9.72. The minimum absolute atomic E-state index is 0.263. The Bertz CT molecular complexity index is 938. The van der Waals surface area contributed by atoms with Crippen molar-refractivity contribution in [3.8, 4) is 0 Å². The van der Waals surface area contributed by atoms with E-state index in [4.69, 9.17) is 4.55 Å². The van der Waals surface area contributed by atoms with Gasteiger partial charge in [0.25, 0.3) is 0 Å². The first-order valence-electron chi connectivity index (χ1n) is 8.28. The topological polar surface area (TPSA) is 54.4 Å². The molecule has 0 aliphatic carbocycles.